The van der Waals surface area contributed by atoms with Crippen molar-refractivity contribution in [3.8, 4) is 0 Å². The van der Waals surface area contributed by atoms with Crippen LogP contribution in [0.25, 0.3) is 5.65 Å². The molecule has 3 N–H and O–H groups in total. The minimum Gasteiger partial charge on any atom is -0.475 e. The van der Waals surface area contributed by atoms with Gasteiger partial charge in [-0.25, -0.2) is 28.5 Å². The zero-order chi connectivity index (χ0) is 27.1. The Bertz CT molecular complexity index is 1430. The Kier molecular flexibility index (Phi) is 7.44. The summed E-state index contributed by atoms with van der Waals surface area (Å²) in [6.45, 7) is 2.26. The van der Waals surface area contributed by atoms with Crippen LogP contribution in [0.4, 0.5) is 17.6 Å². The molecule has 2 unspecified atom stereocenters. The molecule has 2 fully saturated rings. The van der Waals surface area contributed by atoms with E-state index < -0.39 is 23.7 Å². The first-order valence-electron chi connectivity index (χ1n) is 10.8. The minimum atomic E-state index is -5.08. The topological polar surface area (TPSA) is 133 Å². The van der Waals surface area contributed by atoms with Crippen molar-refractivity contribution >= 4 is 40.7 Å². The first-order valence-corrected chi connectivity index (χ1v) is 11.5. The Balaban J connectivity index is 0.000000405. The van der Waals surface area contributed by atoms with Crippen molar-refractivity contribution in [2.45, 2.75) is 25.1 Å². The van der Waals surface area contributed by atoms with Crippen molar-refractivity contribution < 1.29 is 32.3 Å². The third-order valence-corrected chi connectivity index (χ3v) is 6.82. The largest absolute Gasteiger partial charge is 0.490 e. The maximum absolute atomic E-state index is 14.5. The Morgan fingerprint density at radius 3 is 2.59 bits per heavy atom. The molecule has 0 saturated carbocycles. The molecular weight excluding hydrogens is 547 g/mol. The normalized spacial score (nSPS) is 19.0. The van der Waals surface area contributed by atoms with E-state index >= 15 is 0 Å². The van der Waals surface area contributed by atoms with Gasteiger partial charge in [0.15, 0.2) is 16.0 Å². The predicted molar refractivity (Wildman–Crippen MR) is 122 cm³/mol. The van der Waals surface area contributed by atoms with Gasteiger partial charge in [-0.15, -0.1) is 0 Å². The molecule has 2 aliphatic heterocycles. The molecule has 198 valence electrons. The average Bonchev–Trinajstić information content (AvgIpc) is 3.52. The van der Waals surface area contributed by atoms with Crippen LogP contribution < -0.4 is 11.0 Å². The zero-order valence-corrected chi connectivity index (χ0v) is 20.2. The predicted octanol–water partition coefficient (Wildman–Crippen LogP) is 2.52. The van der Waals surface area contributed by atoms with Gasteiger partial charge < -0.3 is 15.3 Å². The molecule has 1 aromatic carbocycles. The molecule has 5 rings (SSSR count). The molecule has 1 amide bonds. The summed E-state index contributed by atoms with van der Waals surface area (Å²) in [4.78, 5) is 39.8. The van der Waals surface area contributed by atoms with Crippen LogP contribution in [-0.4, -0.2) is 73.3 Å². The van der Waals surface area contributed by atoms with E-state index in [1.165, 1.54) is 12.1 Å². The molecule has 2 saturated heterocycles. The van der Waals surface area contributed by atoms with E-state index in [1.54, 1.807) is 11.0 Å². The summed E-state index contributed by atoms with van der Waals surface area (Å²) in [5.41, 5.74) is 0.721. The van der Waals surface area contributed by atoms with Gasteiger partial charge in [0.1, 0.15) is 11.5 Å². The second-order valence-electron chi connectivity index (χ2n) is 8.39. The van der Waals surface area contributed by atoms with Crippen LogP contribution >= 0.6 is 23.2 Å². The maximum Gasteiger partial charge on any atom is 0.490 e. The number of aliphatic carboxylic acids is 1. The SMILES string of the molecule is O=C(O)C(F)(F)F.O=C(c1cc(Cc2n[nH]c(=O)n3c(Cl)c(Cl)nc23)ccc1F)N1CCC2CNCC21. The molecular formula is C21H18Cl2F4N6O4. The van der Waals surface area contributed by atoms with Crippen LogP contribution in [0.2, 0.25) is 10.3 Å². The number of fused-ring (bicyclic) bond motifs is 2. The van der Waals surface area contributed by atoms with Crippen LogP contribution in [0.1, 0.15) is 28.0 Å². The molecule has 0 aliphatic carbocycles. The monoisotopic (exact) mass is 564 g/mol. The number of likely N-dealkylation sites (tertiary alicyclic amines) is 1. The molecule has 10 nitrogen and oxygen atoms in total. The second-order valence-corrected chi connectivity index (χ2v) is 9.11. The summed E-state index contributed by atoms with van der Waals surface area (Å²) >= 11 is 12.0. The van der Waals surface area contributed by atoms with Crippen LogP contribution in [0.15, 0.2) is 23.0 Å². The van der Waals surface area contributed by atoms with Crippen LogP contribution in [-0.2, 0) is 11.2 Å². The number of amides is 1. The van der Waals surface area contributed by atoms with Crippen LogP contribution in [0.5, 0.6) is 0 Å². The number of nitrogens with one attached hydrogen (secondary N) is 2. The first kappa shape index (κ1) is 26.8. The van der Waals surface area contributed by atoms with Crippen molar-refractivity contribution in [2.75, 3.05) is 19.6 Å². The highest BCUT2D eigenvalue weighted by atomic mass is 35.5. The third-order valence-electron chi connectivity index (χ3n) is 6.11. The summed E-state index contributed by atoms with van der Waals surface area (Å²) < 4.78 is 47.4. The highest BCUT2D eigenvalue weighted by Gasteiger charge is 2.40. The number of hydrogen-bond donors (Lipinski definition) is 3. The lowest BCUT2D eigenvalue weighted by Crippen LogP contribution is -2.39. The lowest BCUT2D eigenvalue weighted by Gasteiger charge is -2.24. The Hall–Kier alpha value is -3.23. The first-order chi connectivity index (χ1) is 17.4. The fourth-order valence-corrected chi connectivity index (χ4v) is 4.75. The van der Waals surface area contributed by atoms with Crippen molar-refractivity contribution in [2.24, 2.45) is 5.92 Å². The molecule has 2 atom stereocenters. The molecule has 16 heteroatoms. The Morgan fingerprint density at radius 2 is 1.92 bits per heavy atom. The number of carbonyl (C=O) groups is 2. The second kappa shape index (κ2) is 10.3. The number of imidazole rings is 1. The van der Waals surface area contributed by atoms with Gasteiger partial charge in [-0.05, 0) is 30.0 Å². The fourth-order valence-electron chi connectivity index (χ4n) is 4.38. The van der Waals surface area contributed by atoms with Gasteiger partial charge in [-0.3, -0.25) is 4.79 Å². The number of halogens is 6. The lowest BCUT2D eigenvalue weighted by molar-refractivity contribution is -0.192. The zero-order valence-electron chi connectivity index (χ0n) is 18.7. The molecule has 0 bridgehead atoms. The number of alkyl halides is 3. The van der Waals surface area contributed by atoms with Crippen LogP contribution in [0, 0.1) is 11.7 Å². The summed E-state index contributed by atoms with van der Waals surface area (Å²) in [7, 11) is 0. The van der Waals surface area contributed by atoms with E-state index in [4.69, 9.17) is 33.1 Å². The third kappa shape index (κ3) is 5.40. The maximum atomic E-state index is 14.5. The highest BCUT2D eigenvalue weighted by Crippen LogP contribution is 2.29. The number of benzene rings is 1. The Morgan fingerprint density at radius 1 is 1.22 bits per heavy atom. The van der Waals surface area contributed by atoms with E-state index in [2.05, 4.69) is 20.5 Å². The van der Waals surface area contributed by atoms with Gasteiger partial charge >= 0.3 is 17.8 Å². The number of carbonyl (C=O) groups excluding carboxylic acids is 1. The number of rotatable bonds is 3. The summed E-state index contributed by atoms with van der Waals surface area (Å²) in [6, 6.07) is 4.49. The summed E-state index contributed by atoms with van der Waals surface area (Å²) in [5.74, 6) is -3.21. The molecule has 37 heavy (non-hydrogen) atoms. The van der Waals surface area contributed by atoms with E-state index in [9.17, 15) is 27.2 Å². The number of aromatic amines is 1. The van der Waals surface area contributed by atoms with Gasteiger partial charge in [0.05, 0.1) is 5.56 Å². The van der Waals surface area contributed by atoms with Gasteiger partial charge in [-0.1, -0.05) is 29.3 Å². The summed E-state index contributed by atoms with van der Waals surface area (Å²) in [5, 5.41) is 16.8. The van der Waals surface area contributed by atoms with Crippen molar-refractivity contribution in [3.05, 3.63) is 61.6 Å². The highest BCUT2D eigenvalue weighted by molar-refractivity contribution is 6.40. The van der Waals surface area contributed by atoms with Crippen molar-refractivity contribution in [3.63, 3.8) is 0 Å². The molecule has 2 aromatic heterocycles. The Labute approximate surface area is 215 Å². The molecule has 4 heterocycles. The molecule has 3 aromatic rings. The van der Waals surface area contributed by atoms with E-state index in [0.29, 0.717) is 23.7 Å². The number of H-pyrrole nitrogens is 1. The number of nitrogens with zero attached hydrogens (tertiary/aromatic N) is 4. The number of carboxylic acids is 1. The van der Waals surface area contributed by atoms with Crippen molar-refractivity contribution in [1.82, 2.24) is 29.8 Å². The number of carboxylic acid groups (broad SMARTS) is 1. The van der Waals surface area contributed by atoms with E-state index in [-0.39, 0.29) is 39.9 Å². The summed E-state index contributed by atoms with van der Waals surface area (Å²) in [6.07, 6.45) is -3.95. The fraction of sp³-hybridized carbons (Fsp3) is 0.381. The number of hydrogen-bond acceptors (Lipinski definition) is 6. The smallest absolute Gasteiger partial charge is 0.475 e. The number of aromatic nitrogens is 4. The lowest BCUT2D eigenvalue weighted by atomic mass is 10.0. The van der Waals surface area contributed by atoms with Crippen molar-refractivity contribution in [1.29, 1.82) is 0 Å². The van der Waals surface area contributed by atoms with Gasteiger partial charge in [0.25, 0.3) is 5.91 Å². The van der Waals surface area contributed by atoms with Crippen LogP contribution in [0.3, 0.4) is 0 Å². The average molecular weight is 565 g/mol. The van der Waals surface area contributed by atoms with E-state index in [1.807, 2.05) is 0 Å². The van der Waals surface area contributed by atoms with Gasteiger partial charge in [-0.2, -0.15) is 18.3 Å². The van der Waals surface area contributed by atoms with E-state index in [0.717, 1.165) is 23.9 Å². The quantitative estimate of drug-likeness (QED) is 0.416. The van der Waals surface area contributed by atoms with Gasteiger partial charge in [0, 0.05) is 32.1 Å². The molecule has 0 radical (unpaired) electrons. The van der Waals surface area contributed by atoms with Gasteiger partial charge in [0.2, 0.25) is 0 Å². The molecule has 2 aliphatic rings. The molecule has 0 spiro atoms. The minimum absolute atomic E-state index is 0.0136. The standard InChI is InChI=1S/C19H17Cl2FN6O2.C2HF3O2/c20-15-16(21)28-17(24-15)13(25-26-19(28)30)6-9-1-2-12(22)11(5-9)18(29)27-4-3-10-7-23-8-14(10)27;3-2(4,5)1(6)7/h1-2,5,10,14,23H,3-4,6-8H2,(H,26,30);(H,6,7).